The summed E-state index contributed by atoms with van der Waals surface area (Å²) in [6, 6.07) is 6.23. The van der Waals surface area contributed by atoms with Crippen molar-refractivity contribution >= 4 is 29.1 Å². The predicted octanol–water partition coefficient (Wildman–Crippen LogP) is 2.12. The lowest BCUT2D eigenvalue weighted by Gasteiger charge is -2.16. The van der Waals surface area contributed by atoms with Crippen LogP contribution >= 0.6 is 11.6 Å². The van der Waals surface area contributed by atoms with Crippen molar-refractivity contribution < 1.29 is 19.1 Å². The van der Waals surface area contributed by atoms with Gasteiger partial charge in [-0.15, -0.1) is 0 Å². The van der Waals surface area contributed by atoms with Crippen molar-refractivity contribution in [3.05, 3.63) is 46.0 Å². The standard InChI is InChI=1S/C13H9ClO4/c1-2-18-13(17)9-10(14)12(16)8-6-4-3-5-7(8)11(9)15/h3-6H,2H2,1H3. The van der Waals surface area contributed by atoms with Crippen molar-refractivity contribution in [2.24, 2.45) is 0 Å². The van der Waals surface area contributed by atoms with E-state index in [9.17, 15) is 14.4 Å². The summed E-state index contributed by atoms with van der Waals surface area (Å²) < 4.78 is 4.73. The minimum Gasteiger partial charge on any atom is -0.462 e. The number of carbonyl (C=O) groups is 3. The molecule has 0 spiro atoms. The van der Waals surface area contributed by atoms with Crippen molar-refractivity contribution in [2.45, 2.75) is 6.92 Å². The quantitative estimate of drug-likeness (QED) is 0.606. The van der Waals surface area contributed by atoms with Crippen molar-refractivity contribution in [1.29, 1.82) is 0 Å². The Labute approximate surface area is 108 Å². The van der Waals surface area contributed by atoms with Crippen LogP contribution in [0.2, 0.25) is 0 Å². The molecule has 0 aliphatic heterocycles. The number of Topliss-reactive ketones (excluding diaryl/α,β-unsaturated/α-hetero) is 2. The summed E-state index contributed by atoms with van der Waals surface area (Å²) in [4.78, 5) is 35.7. The number of hydrogen-bond acceptors (Lipinski definition) is 4. The van der Waals surface area contributed by atoms with Gasteiger partial charge in [0, 0.05) is 11.1 Å². The van der Waals surface area contributed by atoms with Crippen LogP contribution in [0.3, 0.4) is 0 Å². The number of ether oxygens (including phenoxy) is 1. The molecule has 0 N–H and O–H groups in total. The third kappa shape index (κ3) is 1.84. The Bertz CT molecular complexity index is 586. The lowest BCUT2D eigenvalue weighted by molar-refractivity contribution is -0.138. The lowest BCUT2D eigenvalue weighted by Crippen LogP contribution is -2.26. The number of fused-ring (bicyclic) bond motifs is 1. The maximum absolute atomic E-state index is 12.1. The Hall–Kier alpha value is -1.94. The molecule has 2 rings (SSSR count). The fourth-order valence-electron chi connectivity index (χ4n) is 1.73. The number of halogens is 1. The molecule has 0 radical (unpaired) electrons. The maximum atomic E-state index is 12.1. The molecule has 4 nitrogen and oxygen atoms in total. The van der Waals surface area contributed by atoms with E-state index < -0.39 is 17.5 Å². The molecule has 0 amide bonds. The second-order valence-electron chi connectivity index (χ2n) is 3.61. The molecular formula is C13H9ClO4. The summed E-state index contributed by atoms with van der Waals surface area (Å²) in [5.74, 6) is -1.97. The molecule has 0 aromatic heterocycles. The monoisotopic (exact) mass is 264 g/mol. The molecule has 1 aliphatic rings. The number of carbonyl (C=O) groups excluding carboxylic acids is 3. The SMILES string of the molecule is CCOC(=O)C1=C(Cl)C(=O)c2ccccc2C1=O. The lowest BCUT2D eigenvalue weighted by atomic mass is 9.89. The molecule has 1 aromatic rings. The Morgan fingerprint density at radius 1 is 1.17 bits per heavy atom. The second-order valence-corrected chi connectivity index (χ2v) is 3.99. The summed E-state index contributed by atoms with van der Waals surface area (Å²) in [6.07, 6.45) is 0. The number of ketones is 2. The first-order chi connectivity index (χ1) is 8.57. The van der Waals surface area contributed by atoms with E-state index in [1.807, 2.05) is 0 Å². The van der Waals surface area contributed by atoms with E-state index in [0.717, 1.165) is 0 Å². The summed E-state index contributed by atoms with van der Waals surface area (Å²) in [6.45, 7) is 1.71. The largest absolute Gasteiger partial charge is 0.462 e. The van der Waals surface area contributed by atoms with Crippen molar-refractivity contribution in [1.82, 2.24) is 0 Å². The average Bonchev–Trinajstić information content (AvgIpc) is 2.37. The van der Waals surface area contributed by atoms with Gasteiger partial charge in [-0.25, -0.2) is 4.79 Å². The number of benzene rings is 1. The van der Waals surface area contributed by atoms with Gasteiger partial charge in [0.2, 0.25) is 11.6 Å². The Balaban J connectivity index is 2.57. The molecule has 0 fully saturated rings. The molecule has 92 valence electrons. The fraction of sp³-hybridized carbons (Fsp3) is 0.154. The fourth-order valence-corrected chi connectivity index (χ4v) is 2.00. The normalized spacial score (nSPS) is 14.6. The second kappa shape index (κ2) is 4.74. The average molecular weight is 265 g/mol. The summed E-state index contributed by atoms with van der Waals surface area (Å²) in [5, 5.41) is -0.378. The van der Waals surface area contributed by atoms with E-state index in [1.165, 1.54) is 12.1 Å². The van der Waals surface area contributed by atoms with Crippen LogP contribution in [0.1, 0.15) is 27.6 Å². The van der Waals surface area contributed by atoms with Gasteiger partial charge in [-0.3, -0.25) is 9.59 Å². The zero-order chi connectivity index (χ0) is 13.3. The molecule has 1 aliphatic carbocycles. The van der Waals surface area contributed by atoms with Crippen LogP contribution in [0.25, 0.3) is 0 Å². The Morgan fingerprint density at radius 3 is 2.28 bits per heavy atom. The first kappa shape index (κ1) is 12.5. The van der Waals surface area contributed by atoms with Gasteiger partial charge < -0.3 is 4.74 Å². The molecule has 0 heterocycles. The van der Waals surface area contributed by atoms with Crippen LogP contribution in [-0.2, 0) is 9.53 Å². The summed E-state index contributed by atoms with van der Waals surface area (Å²) in [7, 11) is 0. The van der Waals surface area contributed by atoms with Crippen LogP contribution < -0.4 is 0 Å². The molecule has 0 unspecified atom stereocenters. The maximum Gasteiger partial charge on any atom is 0.343 e. The van der Waals surface area contributed by atoms with Crippen LogP contribution in [0, 0.1) is 0 Å². The highest BCUT2D eigenvalue weighted by Crippen LogP contribution is 2.29. The third-order valence-electron chi connectivity index (χ3n) is 2.54. The van der Waals surface area contributed by atoms with Crippen LogP contribution in [-0.4, -0.2) is 24.1 Å². The first-order valence-corrected chi connectivity index (χ1v) is 5.71. The topological polar surface area (TPSA) is 60.4 Å². The number of rotatable bonds is 2. The van der Waals surface area contributed by atoms with E-state index in [1.54, 1.807) is 19.1 Å². The van der Waals surface area contributed by atoms with Gasteiger partial charge in [0.05, 0.1) is 6.61 Å². The van der Waals surface area contributed by atoms with E-state index in [-0.39, 0.29) is 28.3 Å². The summed E-state index contributed by atoms with van der Waals surface area (Å²) >= 11 is 5.79. The third-order valence-corrected chi connectivity index (χ3v) is 2.90. The van der Waals surface area contributed by atoms with Gasteiger partial charge in [-0.05, 0) is 6.92 Å². The van der Waals surface area contributed by atoms with Gasteiger partial charge in [0.25, 0.3) is 0 Å². The molecule has 18 heavy (non-hydrogen) atoms. The van der Waals surface area contributed by atoms with E-state index in [0.29, 0.717) is 0 Å². The van der Waals surface area contributed by atoms with Gasteiger partial charge in [-0.2, -0.15) is 0 Å². The molecule has 0 saturated heterocycles. The molecule has 0 saturated carbocycles. The Morgan fingerprint density at radius 2 is 1.72 bits per heavy atom. The zero-order valence-corrected chi connectivity index (χ0v) is 10.3. The van der Waals surface area contributed by atoms with Crippen LogP contribution in [0.4, 0.5) is 0 Å². The Kier molecular flexibility index (Phi) is 3.30. The zero-order valence-electron chi connectivity index (χ0n) is 9.53. The molecule has 1 aromatic carbocycles. The highest BCUT2D eigenvalue weighted by Gasteiger charge is 2.35. The molecule has 0 atom stereocenters. The number of hydrogen-bond donors (Lipinski definition) is 0. The molecule has 0 bridgehead atoms. The van der Waals surface area contributed by atoms with Crippen molar-refractivity contribution in [3.8, 4) is 0 Å². The van der Waals surface area contributed by atoms with E-state index in [2.05, 4.69) is 0 Å². The number of esters is 1. The minimum atomic E-state index is -0.865. The highest BCUT2D eigenvalue weighted by atomic mass is 35.5. The molecular weight excluding hydrogens is 256 g/mol. The minimum absolute atomic E-state index is 0.107. The van der Waals surface area contributed by atoms with E-state index in [4.69, 9.17) is 16.3 Å². The van der Waals surface area contributed by atoms with Crippen LogP contribution in [0.5, 0.6) is 0 Å². The highest BCUT2D eigenvalue weighted by molar-refractivity contribution is 6.53. The summed E-state index contributed by atoms with van der Waals surface area (Å²) in [5.41, 5.74) is -0.00211. The number of allylic oxidation sites excluding steroid dienone is 1. The van der Waals surface area contributed by atoms with Gasteiger partial charge in [0.15, 0.2) is 0 Å². The van der Waals surface area contributed by atoms with E-state index >= 15 is 0 Å². The molecule has 5 heteroatoms. The predicted molar refractivity (Wildman–Crippen MR) is 64.6 cm³/mol. The van der Waals surface area contributed by atoms with Gasteiger partial charge in [-0.1, -0.05) is 35.9 Å². The van der Waals surface area contributed by atoms with Gasteiger partial charge in [0.1, 0.15) is 10.6 Å². The van der Waals surface area contributed by atoms with Crippen molar-refractivity contribution in [3.63, 3.8) is 0 Å². The van der Waals surface area contributed by atoms with Crippen molar-refractivity contribution in [2.75, 3.05) is 6.61 Å². The van der Waals surface area contributed by atoms with Gasteiger partial charge >= 0.3 is 5.97 Å². The van der Waals surface area contributed by atoms with Crippen LogP contribution in [0.15, 0.2) is 34.9 Å². The smallest absolute Gasteiger partial charge is 0.343 e. The first-order valence-electron chi connectivity index (χ1n) is 5.33.